The van der Waals surface area contributed by atoms with Gasteiger partial charge in [0.15, 0.2) is 0 Å². The van der Waals surface area contributed by atoms with Crippen molar-refractivity contribution < 1.29 is 19.8 Å². The van der Waals surface area contributed by atoms with Crippen molar-refractivity contribution in [3.8, 4) is 5.75 Å². The van der Waals surface area contributed by atoms with Crippen LogP contribution >= 0.6 is 11.6 Å². The summed E-state index contributed by atoms with van der Waals surface area (Å²) < 4.78 is 0. The number of hydrogen-bond donors (Lipinski definition) is 3. The van der Waals surface area contributed by atoms with Gasteiger partial charge in [-0.15, -0.1) is 0 Å². The monoisotopic (exact) mass is 319 g/mol. The van der Waals surface area contributed by atoms with Gasteiger partial charge in [0.05, 0.1) is 11.3 Å². The minimum absolute atomic E-state index is 0.00852. The van der Waals surface area contributed by atoms with Crippen LogP contribution in [0.25, 0.3) is 0 Å². The van der Waals surface area contributed by atoms with E-state index in [9.17, 15) is 14.7 Å². The Balaban J connectivity index is 1.98. The van der Waals surface area contributed by atoms with Gasteiger partial charge in [-0.2, -0.15) is 0 Å². The van der Waals surface area contributed by atoms with E-state index < -0.39 is 5.97 Å². The van der Waals surface area contributed by atoms with E-state index in [-0.39, 0.29) is 29.3 Å². The van der Waals surface area contributed by atoms with Crippen LogP contribution in [-0.2, 0) is 11.2 Å². The molecular weight excluding hydrogens is 306 g/mol. The van der Waals surface area contributed by atoms with E-state index in [4.69, 9.17) is 16.7 Å². The molecule has 22 heavy (non-hydrogen) atoms. The van der Waals surface area contributed by atoms with Crippen LogP contribution in [0.5, 0.6) is 5.75 Å². The molecule has 0 saturated heterocycles. The molecule has 0 spiro atoms. The fourth-order valence-electron chi connectivity index (χ4n) is 1.89. The van der Waals surface area contributed by atoms with Gasteiger partial charge in [0.1, 0.15) is 5.75 Å². The predicted molar refractivity (Wildman–Crippen MR) is 83.5 cm³/mol. The van der Waals surface area contributed by atoms with Gasteiger partial charge < -0.3 is 15.5 Å². The van der Waals surface area contributed by atoms with Gasteiger partial charge >= 0.3 is 5.97 Å². The zero-order valence-electron chi connectivity index (χ0n) is 11.5. The average molecular weight is 320 g/mol. The van der Waals surface area contributed by atoms with E-state index in [0.29, 0.717) is 11.4 Å². The molecule has 0 saturated carbocycles. The third kappa shape index (κ3) is 4.23. The van der Waals surface area contributed by atoms with Crippen LogP contribution in [-0.4, -0.2) is 22.1 Å². The van der Waals surface area contributed by atoms with Crippen molar-refractivity contribution in [2.45, 2.75) is 12.8 Å². The second kappa shape index (κ2) is 6.95. The van der Waals surface area contributed by atoms with Crippen molar-refractivity contribution in [2.24, 2.45) is 0 Å². The molecule has 0 unspecified atom stereocenters. The number of benzene rings is 2. The fourth-order valence-corrected chi connectivity index (χ4v) is 2.02. The van der Waals surface area contributed by atoms with E-state index in [1.165, 1.54) is 18.2 Å². The molecule has 1 amide bonds. The highest BCUT2D eigenvalue weighted by atomic mass is 35.5. The summed E-state index contributed by atoms with van der Waals surface area (Å²) in [4.78, 5) is 22.8. The molecule has 2 aromatic carbocycles. The summed E-state index contributed by atoms with van der Waals surface area (Å²) in [6, 6.07) is 10.9. The highest BCUT2D eigenvalue weighted by Gasteiger charge is 2.10. The third-order valence-corrected chi connectivity index (χ3v) is 3.32. The van der Waals surface area contributed by atoms with Crippen molar-refractivity contribution in [1.29, 1.82) is 0 Å². The van der Waals surface area contributed by atoms with Crippen molar-refractivity contribution in [2.75, 3.05) is 5.32 Å². The lowest BCUT2D eigenvalue weighted by atomic mass is 10.1. The lowest BCUT2D eigenvalue weighted by Gasteiger charge is -2.08. The van der Waals surface area contributed by atoms with Crippen molar-refractivity contribution in [3.63, 3.8) is 0 Å². The number of carbonyl (C=O) groups excluding carboxylic acids is 1. The molecule has 0 aliphatic heterocycles. The molecule has 0 aliphatic rings. The molecule has 0 atom stereocenters. The molecule has 5 nitrogen and oxygen atoms in total. The number of nitrogens with one attached hydrogen (secondary N) is 1. The zero-order chi connectivity index (χ0) is 16.1. The summed E-state index contributed by atoms with van der Waals surface area (Å²) >= 11 is 5.78. The van der Waals surface area contributed by atoms with Crippen molar-refractivity contribution in [1.82, 2.24) is 0 Å². The number of halogens is 1. The Kier molecular flexibility index (Phi) is 5.01. The first-order valence-corrected chi connectivity index (χ1v) is 6.94. The Morgan fingerprint density at radius 1 is 1.09 bits per heavy atom. The minimum Gasteiger partial charge on any atom is -0.506 e. The number of carboxylic acids is 1. The fraction of sp³-hybridized carbons (Fsp3) is 0.125. The summed E-state index contributed by atoms with van der Waals surface area (Å²) in [5.41, 5.74) is 1.04. The van der Waals surface area contributed by atoms with E-state index in [1.807, 2.05) is 12.1 Å². The molecule has 0 heterocycles. The van der Waals surface area contributed by atoms with Gasteiger partial charge in [-0.1, -0.05) is 23.7 Å². The van der Waals surface area contributed by atoms with Crippen LogP contribution in [0.1, 0.15) is 22.3 Å². The number of anilines is 1. The second-order valence-electron chi connectivity index (χ2n) is 4.71. The second-order valence-corrected chi connectivity index (χ2v) is 5.15. The molecule has 0 bridgehead atoms. The Hall–Kier alpha value is -2.53. The van der Waals surface area contributed by atoms with Crippen molar-refractivity contribution >= 4 is 29.2 Å². The molecule has 6 heteroatoms. The summed E-state index contributed by atoms with van der Waals surface area (Å²) in [6.45, 7) is 0. The number of aromatic hydroxyl groups is 1. The Morgan fingerprint density at radius 2 is 1.77 bits per heavy atom. The van der Waals surface area contributed by atoms with Gasteiger partial charge in [-0.25, -0.2) is 4.79 Å². The molecule has 2 aromatic rings. The van der Waals surface area contributed by atoms with Gasteiger partial charge in [-0.05, 0) is 42.3 Å². The number of rotatable bonds is 5. The average Bonchev–Trinajstić information content (AvgIpc) is 2.48. The minimum atomic E-state index is -1.13. The van der Waals surface area contributed by atoms with Crippen LogP contribution in [0.2, 0.25) is 5.02 Å². The maximum atomic E-state index is 11.9. The van der Waals surface area contributed by atoms with Crippen LogP contribution in [0, 0.1) is 0 Å². The van der Waals surface area contributed by atoms with E-state index in [2.05, 4.69) is 5.32 Å². The normalized spacial score (nSPS) is 10.2. The number of aromatic carboxylic acids is 1. The van der Waals surface area contributed by atoms with Crippen LogP contribution in [0.4, 0.5) is 5.69 Å². The van der Waals surface area contributed by atoms with Gasteiger partial charge in [0.2, 0.25) is 5.91 Å². The highest BCUT2D eigenvalue weighted by molar-refractivity contribution is 6.30. The number of aryl methyl sites for hydroxylation is 1. The lowest BCUT2D eigenvalue weighted by molar-refractivity contribution is -0.116. The highest BCUT2D eigenvalue weighted by Crippen LogP contribution is 2.24. The molecule has 0 aliphatic carbocycles. The Labute approximate surface area is 132 Å². The molecular formula is C16H14ClNO4. The van der Waals surface area contributed by atoms with Gasteiger partial charge in [0, 0.05) is 11.4 Å². The third-order valence-electron chi connectivity index (χ3n) is 3.07. The van der Waals surface area contributed by atoms with E-state index in [0.717, 1.165) is 5.56 Å². The first kappa shape index (κ1) is 15.9. The smallest absolute Gasteiger partial charge is 0.335 e. The number of phenols is 1. The summed E-state index contributed by atoms with van der Waals surface area (Å²) in [5, 5.41) is 21.7. The predicted octanol–water partition coefficient (Wildman–Crippen LogP) is 3.32. The number of carbonyl (C=O) groups is 2. The maximum Gasteiger partial charge on any atom is 0.335 e. The topological polar surface area (TPSA) is 86.6 Å². The standard InChI is InChI=1S/C16H14ClNO4/c17-12-5-1-10(2-6-12)3-8-15(20)18-13-9-11(16(21)22)4-7-14(13)19/h1-2,4-7,9,19H,3,8H2,(H,18,20)(H,21,22). The summed E-state index contributed by atoms with van der Waals surface area (Å²) in [6.07, 6.45) is 0.723. The SMILES string of the molecule is O=C(CCc1ccc(Cl)cc1)Nc1cc(C(=O)O)ccc1O. The van der Waals surface area contributed by atoms with Gasteiger partial charge in [0.25, 0.3) is 0 Å². The Morgan fingerprint density at radius 3 is 2.41 bits per heavy atom. The van der Waals surface area contributed by atoms with Gasteiger partial charge in [-0.3, -0.25) is 4.79 Å². The molecule has 114 valence electrons. The number of phenolic OH excluding ortho intramolecular Hbond substituents is 1. The number of amides is 1. The lowest BCUT2D eigenvalue weighted by Crippen LogP contribution is -2.13. The Bertz CT molecular complexity index is 698. The van der Waals surface area contributed by atoms with E-state index >= 15 is 0 Å². The molecule has 2 rings (SSSR count). The zero-order valence-corrected chi connectivity index (χ0v) is 12.3. The summed E-state index contributed by atoms with van der Waals surface area (Å²) in [7, 11) is 0. The largest absolute Gasteiger partial charge is 0.506 e. The van der Waals surface area contributed by atoms with Crippen molar-refractivity contribution in [3.05, 3.63) is 58.6 Å². The molecule has 3 N–H and O–H groups in total. The van der Waals surface area contributed by atoms with Crippen LogP contribution in [0.3, 0.4) is 0 Å². The first-order valence-electron chi connectivity index (χ1n) is 6.56. The maximum absolute atomic E-state index is 11.9. The quantitative estimate of drug-likeness (QED) is 0.738. The number of carboxylic acid groups (broad SMARTS) is 1. The molecule has 0 fully saturated rings. The molecule has 0 aromatic heterocycles. The number of hydrogen-bond acceptors (Lipinski definition) is 3. The van der Waals surface area contributed by atoms with Crippen LogP contribution < -0.4 is 5.32 Å². The van der Waals surface area contributed by atoms with E-state index in [1.54, 1.807) is 12.1 Å². The first-order chi connectivity index (χ1) is 10.5. The van der Waals surface area contributed by atoms with Crippen LogP contribution in [0.15, 0.2) is 42.5 Å². The summed E-state index contributed by atoms with van der Waals surface area (Å²) in [5.74, 6) is -1.62. The molecule has 0 radical (unpaired) electrons.